The van der Waals surface area contributed by atoms with Gasteiger partial charge in [-0.15, -0.1) is 0 Å². The van der Waals surface area contributed by atoms with Crippen LogP contribution in [0.4, 0.5) is 0 Å². The van der Waals surface area contributed by atoms with E-state index in [1.165, 1.54) is 19.4 Å². The Morgan fingerprint density at radius 3 is 1.83 bits per heavy atom. The van der Waals surface area contributed by atoms with Gasteiger partial charge in [0.15, 0.2) is 0 Å². The van der Waals surface area contributed by atoms with Gasteiger partial charge < -0.3 is 0 Å². The summed E-state index contributed by atoms with van der Waals surface area (Å²) in [6, 6.07) is 0. The number of rotatable bonds is 8. The minimum absolute atomic E-state index is 0.0532. The van der Waals surface area contributed by atoms with Gasteiger partial charge in [-0.1, -0.05) is 0 Å². The molecule has 0 aromatic rings. The van der Waals surface area contributed by atoms with Crippen LogP contribution in [0.5, 0.6) is 0 Å². The summed E-state index contributed by atoms with van der Waals surface area (Å²) in [6.07, 6.45) is -0.116. The Morgan fingerprint density at radius 2 is 1.46 bits per heavy atom. The van der Waals surface area contributed by atoms with Crippen LogP contribution in [0.15, 0.2) is 0 Å². The van der Waals surface area contributed by atoms with Gasteiger partial charge in [0, 0.05) is 0 Å². The van der Waals surface area contributed by atoms with E-state index in [1.807, 2.05) is 0 Å². The molecule has 0 spiro atoms. The van der Waals surface area contributed by atoms with Crippen molar-refractivity contribution in [1.82, 2.24) is 0 Å². The van der Waals surface area contributed by atoms with Gasteiger partial charge in [-0.2, -0.15) is 0 Å². The van der Waals surface area contributed by atoms with Crippen LogP contribution in [0.25, 0.3) is 0 Å². The molecule has 0 amide bonds. The summed E-state index contributed by atoms with van der Waals surface area (Å²) in [6.45, 7) is 22.5. The first kappa shape index (κ1) is 27.8. The summed E-state index contributed by atoms with van der Waals surface area (Å²) in [5.74, 6) is 0. The quantitative estimate of drug-likeness (QED) is 0.191. The SMILES string of the molecule is CC[CH](C)[Ti]1([CH](C)CC)[Ti][Ti]([PH]C(C)C)[Ti][Ti]([Cl])([Cl])([PH]C(C)C)[Ti]1. The van der Waals surface area contributed by atoms with Crippen molar-refractivity contribution in [2.45, 2.75) is 88.0 Å². The van der Waals surface area contributed by atoms with Gasteiger partial charge in [0.1, 0.15) is 0 Å². The zero-order chi connectivity index (χ0) is 18.8. The Bertz CT molecular complexity index is 414. The number of hydrogen-bond donors (Lipinski definition) is 0. The van der Waals surface area contributed by atoms with Crippen molar-refractivity contribution in [3.8, 4) is 0 Å². The van der Waals surface area contributed by atoms with E-state index < -0.39 is 27.4 Å². The Balaban J connectivity index is 3.35. The van der Waals surface area contributed by atoms with Crippen LogP contribution in [0, 0.1) is 0 Å². The number of halogens is 2. The molecule has 0 N–H and O–H groups in total. The van der Waals surface area contributed by atoms with Crippen molar-refractivity contribution in [2.75, 3.05) is 0 Å². The van der Waals surface area contributed by atoms with Crippen LogP contribution in [0.1, 0.15) is 68.2 Å². The molecule has 1 aliphatic heterocycles. The maximum atomic E-state index is 7.78. The molecular formula is C14H34Cl2P2Ti6. The van der Waals surface area contributed by atoms with Crippen LogP contribution in [-0.4, -0.2) is 11.3 Å². The normalized spacial score (nSPS) is 30.8. The minimum atomic E-state index is -2.99. The van der Waals surface area contributed by atoms with Gasteiger partial charge in [-0.25, -0.2) is 0 Å². The third kappa shape index (κ3) is 8.01. The molecule has 0 aliphatic carbocycles. The third-order valence-electron chi connectivity index (χ3n) is 4.86. The van der Waals surface area contributed by atoms with E-state index in [0.717, 1.165) is 26.3 Å². The van der Waals surface area contributed by atoms with Gasteiger partial charge in [0.05, 0.1) is 0 Å². The first-order chi connectivity index (χ1) is 10.9. The van der Waals surface area contributed by atoms with E-state index in [1.54, 1.807) is 0 Å². The fourth-order valence-corrected chi connectivity index (χ4v) is 671. The fourth-order valence-electron chi connectivity index (χ4n) is 3.45. The Hall–Kier alpha value is 5.73. The summed E-state index contributed by atoms with van der Waals surface area (Å²) in [5.41, 5.74) is 1.73. The summed E-state index contributed by atoms with van der Waals surface area (Å²) in [4.78, 5) is 0. The molecule has 1 aliphatic rings. The molecular weight excluding hydrogens is 588 g/mol. The zero-order valence-electron chi connectivity index (χ0n) is 16.5. The van der Waals surface area contributed by atoms with Crippen molar-refractivity contribution in [2.24, 2.45) is 0 Å². The second kappa shape index (κ2) is 11.5. The Kier molecular flexibility index (Phi) is 13.4. The monoisotopic (exact) mass is 622 g/mol. The molecule has 4 atom stereocenters. The predicted molar refractivity (Wildman–Crippen MR) is 98.0 cm³/mol. The van der Waals surface area contributed by atoms with Crippen molar-refractivity contribution < 1.29 is 65.6 Å². The van der Waals surface area contributed by atoms with Gasteiger partial charge >= 0.3 is 185 Å². The van der Waals surface area contributed by atoms with Crippen LogP contribution >= 0.6 is 31.8 Å². The van der Waals surface area contributed by atoms with Crippen LogP contribution in [0.3, 0.4) is 0 Å². The molecule has 24 heavy (non-hydrogen) atoms. The van der Waals surface area contributed by atoms with E-state index >= 15 is 0 Å². The van der Waals surface area contributed by atoms with Crippen molar-refractivity contribution >= 4 is 31.8 Å². The summed E-state index contributed by atoms with van der Waals surface area (Å²) in [7, 11) is 13.0. The molecule has 0 saturated carbocycles. The summed E-state index contributed by atoms with van der Waals surface area (Å²) < 4.78 is 2.17. The van der Waals surface area contributed by atoms with Crippen LogP contribution < -0.4 is 0 Å². The molecule has 1 fully saturated rings. The summed E-state index contributed by atoms with van der Waals surface area (Å²) >= 11 is 0.633. The number of hydrogen-bond acceptors (Lipinski definition) is 0. The Morgan fingerprint density at radius 1 is 0.958 bits per heavy atom. The van der Waals surface area contributed by atoms with E-state index in [4.69, 9.17) is 18.6 Å². The maximum absolute atomic E-state index is 7.78. The zero-order valence-corrected chi connectivity index (χ0v) is 29.4. The fraction of sp³-hybridized carbons (Fsp3) is 1.00. The predicted octanol–water partition coefficient (Wildman–Crippen LogP) is 7.95. The van der Waals surface area contributed by atoms with E-state index in [0.29, 0.717) is 12.7 Å². The molecule has 1 heterocycles. The van der Waals surface area contributed by atoms with E-state index in [2.05, 4.69) is 55.4 Å². The molecule has 0 bridgehead atoms. The third-order valence-corrected chi connectivity index (χ3v) is 268. The van der Waals surface area contributed by atoms with Gasteiger partial charge in [-0.05, 0) is 0 Å². The van der Waals surface area contributed by atoms with Crippen molar-refractivity contribution in [3.05, 3.63) is 0 Å². The summed E-state index contributed by atoms with van der Waals surface area (Å²) in [5, 5.41) is 0. The standard InChI is InChI=1S/2C4H9.2C3H8P.2ClH.6Ti/c2*1-3-4-2;2*1-3(2)4;;;;;;;;/h2*3H,4H2,1-2H3;2*3-4H,1-2H3;2*1H;;;;;;/q;;2*-1;;;;;;;+1;+3/p-2. The van der Waals surface area contributed by atoms with Crippen LogP contribution in [0.2, 0.25) is 8.45 Å². The second-order valence-corrected chi connectivity index (χ2v) is 131. The molecule has 4 unspecified atom stereocenters. The Labute approximate surface area is 181 Å². The van der Waals surface area contributed by atoms with Gasteiger partial charge in [0.2, 0.25) is 0 Å². The average Bonchev–Trinajstić information content (AvgIpc) is 2.41. The second-order valence-electron chi connectivity index (χ2n) is 7.85. The van der Waals surface area contributed by atoms with Gasteiger partial charge in [0.25, 0.3) is 0 Å². The first-order valence-corrected chi connectivity index (χ1v) is 46.2. The van der Waals surface area contributed by atoms with E-state index in [-0.39, 0.29) is 25.5 Å². The van der Waals surface area contributed by atoms with Crippen LogP contribution in [-0.2, 0) is 65.6 Å². The first-order valence-electron chi connectivity index (χ1n) is 9.23. The van der Waals surface area contributed by atoms with Crippen molar-refractivity contribution in [1.29, 1.82) is 0 Å². The van der Waals surface area contributed by atoms with E-state index in [9.17, 15) is 0 Å². The molecule has 0 aromatic heterocycles. The van der Waals surface area contributed by atoms with Crippen molar-refractivity contribution in [3.63, 3.8) is 0 Å². The average molecular weight is 622 g/mol. The molecule has 0 nitrogen and oxygen atoms in total. The molecule has 10 heteroatoms. The molecule has 0 radical (unpaired) electrons. The molecule has 138 valence electrons. The van der Waals surface area contributed by atoms with Gasteiger partial charge in [-0.3, -0.25) is 0 Å². The topological polar surface area (TPSA) is 0 Å². The molecule has 0 aromatic carbocycles. The molecule has 1 rings (SSSR count). The molecule has 1 saturated heterocycles.